The second-order valence-corrected chi connectivity index (χ2v) is 5.90. The molecule has 2 heterocycles. The first-order valence-corrected chi connectivity index (χ1v) is 6.35. The van der Waals surface area contributed by atoms with Crippen LogP contribution in [-0.2, 0) is 9.47 Å². The second kappa shape index (κ2) is 4.68. The van der Waals surface area contributed by atoms with Crippen LogP contribution in [-0.4, -0.2) is 64.8 Å². The Morgan fingerprint density at radius 3 is 2.67 bits per heavy atom. The third-order valence-corrected chi connectivity index (χ3v) is 3.28. The Morgan fingerprint density at radius 2 is 2.06 bits per heavy atom. The number of aliphatic hydroxyl groups excluding tert-OH is 1. The summed E-state index contributed by atoms with van der Waals surface area (Å²) in [7, 11) is 0. The standard InChI is InChI=1S/C12H22N2O4/c1-8-9-7-13(10(15)18-12(2,3)4)5-6-14(9)11(16)17-8/h8-9,11,16H,5-7H2,1-4H3/t8?,9-,11?/m0/s1. The number of ether oxygens (including phenoxy) is 2. The van der Waals surface area contributed by atoms with Gasteiger partial charge in [0.25, 0.3) is 0 Å². The lowest BCUT2D eigenvalue weighted by molar-refractivity contribution is -0.151. The Bertz CT molecular complexity index is 329. The average Bonchev–Trinajstić information content (AvgIpc) is 2.52. The van der Waals surface area contributed by atoms with Crippen molar-refractivity contribution in [1.29, 1.82) is 0 Å². The Kier molecular flexibility index (Phi) is 3.53. The maximum Gasteiger partial charge on any atom is 0.410 e. The van der Waals surface area contributed by atoms with Crippen LogP contribution >= 0.6 is 0 Å². The molecule has 0 aromatic heterocycles. The van der Waals surface area contributed by atoms with Gasteiger partial charge in [0, 0.05) is 19.6 Å². The number of nitrogens with zero attached hydrogens (tertiary/aromatic N) is 2. The topological polar surface area (TPSA) is 62.2 Å². The van der Waals surface area contributed by atoms with E-state index in [2.05, 4.69) is 0 Å². The smallest absolute Gasteiger partial charge is 0.410 e. The van der Waals surface area contributed by atoms with E-state index in [9.17, 15) is 9.90 Å². The number of amides is 1. The average molecular weight is 258 g/mol. The zero-order valence-electron chi connectivity index (χ0n) is 11.4. The summed E-state index contributed by atoms with van der Waals surface area (Å²) in [5.74, 6) is 0. The molecule has 0 aromatic rings. The molecule has 0 radical (unpaired) electrons. The fourth-order valence-corrected chi connectivity index (χ4v) is 2.37. The maximum absolute atomic E-state index is 12.0. The number of fused-ring (bicyclic) bond motifs is 1. The molecule has 2 unspecified atom stereocenters. The van der Waals surface area contributed by atoms with Crippen LogP contribution in [0.4, 0.5) is 4.79 Å². The number of rotatable bonds is 0. The lowest BCUT2D eigenvalue weighted by Gasteiger charge is -2.38. The Labute approximate surface area is 107 Å². The molecule has 0 aromatic carbocycles. The Morgan fingerprint density at radius 1 is 1.39 bits per heavy atom. The quantitative estimate of drug-likeness (QED) is 0.689. The molecule has 104 valence electrons. The van der Waals surface area contributed by atoms with E-state index in [-0.39, 0.29) is 18.2 Å². The molecule has 3 atom stereocenters. The van der Waals surface area contributed by atoms with Crippen LogP contribution < -0.4 is 0 Å². The number of piperazine rings is 1. The molecule has 6 nitrogen and oxygen atoms in total. The van der Waals surface area contributed by atoms with Crippen LogP contribution in [0.15, 0.2) is 0 Å². The summed E-state index contributed by atoms with van der Waals surface area (Å²) in [6.45, 7) is 9.16. The highest BCUT2D eigenvalue weighted by atomic mass is 16.6. The number of aliphatic hydroxyl groups is 1. The van der Waals surface area contributed by atoms with E-state index in [4.69, 9.17) is 9.47 Å². The van der Waals surface area contributed by atoms with E-state index in [0.29, 0.717) is 19.6 Å². The van der Waals surface area contributed by atoms with Crippen molar-refractivity contribution in [2.24, 2.45) is 0 Å². The third kappa shape index (κ3) is 2.76. The molecule has 2 aliphatic heterocycles. The fourth-order valence-electron chi connectivity index (χ4n) is 2.37. The van der Waals surface area contributed by atoms with Gasteiger partial charge in [-0.05, 0) is 27.7 Å². The molecule has 0 saturated carbocycles. The molecule has 0 aliphatic carbocycles. The maximum atomic E-state index is 12.0. The van der Waals surface area contributed by atoms with Crippen LogP contribution in [0.3, 0.4) is 0 Å². The molecule has 0 spiro atoms. The van der Waals surface area contributed by atoms with Crippen molar-refractivity contribution in [3.63, 3.8) is 0 Å². The van der Waals surface area contributed by atoms with Crippen LogP contribution in [0.1, 0.15) is 27.7 Å². The largest absolute Gasteiger partial charge is 0.444 e. The van der Waals surface area contributed by atoms with Gasteiger partial charge in [0.2, 0.25) is 6.41 Å². The molecular weight excluding hydrogens is 236 g/mol. The van der Waals surface area contributed by atoms with Crippen LogP contribution in [0.25, 0.3) is 0 Å². The molecule has 18 heavy (non-hydrogen) atoms. The van der Waals surface area contributed by atoms with Crippen LogP contribution in [0, 0.1) is 0 Å². The normalized spacial score (nSPS) is 33.4. The fraction of sp³-hybridized carbons (Fsp3) is 0.917. The summed E-state index contributed by atoms with van der Waals surface area (Å²) >= 11 is 0. The highest BCUT2D eigenvalue weighted by Crippen LogP contribution is 2.26. The summed E-state index contributed by atoms with van der Waals surface area (Å²) < 4.78 is 10.7. The summed E-state index contributed by atoms with van der Waals surface area (Å²) in [5, 5.41) is 9.68. The van der Waals surface area contributed by atoms with Crippen molar-refractivity contribution in [1.82, 2.24) is 9.80 Å². The van der Waals surface area contributed by atoms with E-state index >= 15 is 0 Å². The van der Waals surface area contributed by atoms with Gasteiger partial charge in [-0.1, -0.05) is 0 Å². The number of carbonyl (C=O) groups excluding carboxylic acids is 1. The van der Waals surface area contributed by atoms with Crippen LogP contribution in [0.2, 0.25) is 0 Å². The van der Waals surface area contributed by atoms with Crippen molar-refractivity contribution in [2.45, 2.75) is 51.9 Å². The van der Waals surface area contributed by atoms with Gasteiger partial charge in [-0.25, -0.2) is 9.69 Å². The van der Waals surface area contributed by atoms with Crippen molar-refractivity contribution < 1.29 is 19.4 Å². The van der Waals surface area contributed by atoms with Crippen LogP contribution in [0.5, 0.6) is 0 Å². The predicted octanol–water partition coefficient (Wildman–Crippen LogP) is 0.602. The third-order valence-electron chi connectivity index (χ3n) is 3.28. The minimum atomic E-state index is -0.842. The van der Waals surface area contributed by atoms with Gasteiger partial charge in [0.05, 0.1) is 12.1 Å². The minimum absolute atomic E-state index is 0.0428. The summed E-state index contributed by atoms with van der Waals surface area (Å²) in [5.41, 5.74) is -0.481. The van der Waals surface area contributed by atoms with E-state index in [0.717, 1.165) is 0 Å². The zero-order valence-corrected chi connectivity index (χ0v) is 11.4. The molecule has 2 fully saturated rings. The molecule has 2 aliphatic rings. The summed E-state index contributed by atoms with van der Waals surface area (Å²) in [6, 6.07) is 0.0428. The number of carbonyl (C=O) groups is 1. The molecular formula is C12H22N2O4. The second-order valence-electron chi connectivity index (χ2n) is 5.90. The van der Waals surface area contributed by atoms with Crippen molar-refractivity contribution in [2.75, 3.05) is 19.6 Å². The van der Waals surface area contributed by atoms with Gasteiger partial charge in [0.1, 0.15) is 5.60 Å². The van der Waals surface area contributed by atoms with E-state index in [1.165, 1.54) is 0 Å². The summed E-state index contributed by atoms with van der Waals surface area (Å²) in [6.07, 6.45) is -1.22. The van der Waals surface area contributed by atoms with Crippen molar-refractivity contribution in [3.8, 4) is 0 Å². The summed E-state index contributed by atoms with van der Waals surface area (Å²) in [4.78, 5) is 15.5. The molecule has 0 bridgehead atoms. The predicted molar refractivity (Wildman–Crippen MR) is 64.9 cm³/mol. The van der Waals surface area contributed by atoms with Gasteiger partial charge in [-0.15, -0.1) is 0 Å². The molecule has 1 N–H and O–H groups in total. The van der Waals surface area contributed by atoms with Gasteiger partial charge in [0.15, 0.2) is 0 Å². The lowest BCUT2D eigenvalue weighted by Crippen LogP contribution is -2.56. The Balaban J connectivity index is 1.96. The zero-order chi connectivity index (χ0) is 13.5. The first kappa shape index (κ1) is 13.6. The van der Waals surface area contributed by atoms with Gasteiger partial charge < -0.3 is 19.5 Å². The van der Waals surface area contributed by atoms with Gasteiger partial charge in [-0.3, -0.25) is 0 Å². The number of hydrogen-bond acceptors (Lipinski definition) is 5. The highest BCUT2D eigenvalue weighted by Gasteiger charge is 2.43. The van der Waals surface area contributed by atoms with Gasteiger partial charge >= 0.3 is 6.09 Å². The van der Waals surface area contributed by atoms with Crippen molar-refractivity contribution in [3.05, 3.63) is 0 Å². The Hall–Kier alpha value is -0.850. The first-order valence-electron chi connectivity index (χ1n) is 6.35. The van der Waals surface area contributed by atoms with Gasteiger partial charge in [-0.2, -0.15) is 0 Å². The monoisotopic (exact) mass is 258 g/mol. The van der Waals surface area contributed by atoms with E-state index in [1.807, 2.05) is 32.6 Å². The number of hydrogen-bond donors (Lipinski definition) is 1. The molecule has 6 heteroatoms. The SMILES string of the molecule is CC1OC(O)N2CCN(C(=O)OC(C)(C)C)C[C@@H]12. The van der Waals surface area contributed by atoms with E-state index < -0.39 is 12.0 Å². The molecule has 1 amide bonds. The molecule has 2 saturated heterocycles. The minimum Gasteiger partial charge on any atom is -0.444 e. The molecule has 2 rings (SSSR count). The van der Waals surface area contributed by atoms with E-state index in [1.54, 1.807) is 4.90 Å². The van der Waals surface area contributed by atoms with Crippen molar-refractivity contribution >= 4 is 6.09 Å². The highest BCUT2D eigenvalue weighted by molar-refractivity contribution is 5.68. The lowest BCUT2D eigenvalue weighted by atomic mass is 10.1. The first-order chi connectivity index (χ1) is 8.28.